The van der Waals surface area contributed by atoms with Gasteiger partial charge in [-0.15, -0.1) is 0 Å². The van der Waals surface area contributed by atoms with E-state index in [-0.39, 0.29) is 5.91 Å². The molecule has 28 heavy (non-hydrogen) atoms. The number of benzene rings is 2. The van der Waals surface area contributed by atoms with Crippen molar-refractivity contribution in [2.75, 3.05) is 0 Å². The number of hydrogen-bond donors (Lipinski definition) is 1. The summed E-state index contributed by atoms with van der Waals surface area (Å²) >= 11 is 0. The predicted molar refractivity (Wildman–Crippen MR) is 112 cm³/mol. The van der Waals surface area contributed by atoms with Crippen molar-refractivity contribution in [1.29, 1.82) is 0 Å². The number of rotatable bonds is 6. The van der Waals surface area contributed by atoms with E-state index in [0.29, 0.717) is 6.42 Å². The number of fused-ring (bicyclic) bond motifs is 1. The van der Waals surface area contributed by atoms with Crippen molar-refractivity contribution < 1.29 is 4.79 Å². The van der Waals surface area contributed by atoms with Gasteiger partial charge in [0, 0.05) is 48.1 Å². The third kappa shape index (κ3) is 3.88. The molecule has 5 heteroatoms. The van der Waals surface area contributed by atoms with Gasteiger partial charge in [0.1, 0.15) is 0 Å². The van der Waals surface area contributed by atoms with Crippen molar-refractivity contribution in [3.8, 4) is 0 Å². The summed E-state index contributed by atoms with van der Waals surface area (Å²) in [6.07, 6.45) is 6.02. The van der Waals surface area contributed by atoms with Crippen molar-refractivity contribution in [1.82, 2.24) is 14.6 Å². The summed E-state index contributed by atoms with van der Waals surface area (Å²) in [7, 11) is 1.92. The molecule has 5 nitrogen and oxygen atoms in total. The van der Waals surface area contributed by atoms with Gasteiger partial charge in [0.2, 0.25) is 5.91 Å². The summed E-state index contributed by atoms with van der Waals surface area (Å²) in [5.74, 6) is -0.133. The third-order valence-electron chi connectivity index (χ3n) is 4.80. The van der Waals surface area contributed by atoms with E-state index >= 15 is 0 Å². The van der Waals surface area contributed by atoms with Gasteiger partial charge in [0.15, 0.2) is 0 Å². The van der Waals surface area contributed by atoms with E-state index in [0.717, 1.165) is 28.7 Å². The first-order valence-electron chi connectivity index (χ1n) is 9.24. The molecule has 4 aromatic rings. The van der Waals surface area contributed by atoms with Gasteiger partial charge in [0.05, 0.1) is 12.6 Å². The number of hydrazone groups is 1. The molecule has 2 aromatic carbocycles. The Bertz CT molecular complexity index is 1120. The Morgan fingerprint density at radius 1 is 1.04 bits per heavy atom. The molecule has 1 N–H and O–H groups in total. The number of nitrogens with zero attached hydrogens (tertiary/aromatic N) is 3. The van der Waals surface area contributed by atoms with Gasteiger partial charge in [-0.3, -0.25) is 4.79 Å². The average molecular weight is 370 g/mol. The van der Waals surface area contributed by atoms with Gasteiger partial charge >= 0.3 is 0 Å². The quantitative estimate of drug-likeness (QED) is 0.408. The lowest BCUT2D eigenvalue weighted by atomic mass is 10.2. The van der Waals surface area contributed by atoms with Crippen LogP contribution in [-0.4, -0.2) is 21.3 Å². The fraction of sp³-hybridized carbons (Fsp3) is 0.130. The Labute approximate surface area is 163 Å². The minimum Gasteiger partial charge on any atom is -0.354 e. The monoisotopic (exact) mass is 370 g/mol. The van der Waals surface area contributed by atoms with Crippen LogP contribution in [0.3, 0.4) is 0 Å². The molecule has 0 bridgehead atoms. The van der Waals surface area contributed by atoms with Crippen molar-refractivity contribution in [3.05, 3.63) is 95.9 Å². The highest BCUT2D eigenvalue weighted by Crippen LogP contribution is 2.21. The van der Waals surface area contributed by atoms with Crippen molar-refractivity contribution in [2.24, 2.45) is 12.1 Å². The normalized spacial score (nSPS) is 11.3. The molecule has 0 fully saturated rings. The van der Waals surface area contributed by atoms with Crippen LogP contribution < -0.4 is 5.43 Å². The second-order valence-electron chi connectivity index (χ2n) is 6.80. The number of para-hydroxylation sites is 1. The smallest absolute Gasteiger partial charge is 0.245 e. The molecule has 0 radical (unpaired) electrons. The number of carbonyl (C=O) groups is 1. The van der Waals surface area contributed by atoms with Crippen molar-refractivity contribution >= 4 is 23.0 Å². The molecule has 4 rings (SSSR count). The maximum absolute atomic E-state index is 12.1. The lowest BCUT2D eigenvalue weighted by Crippen LogP contribution is -2.20. The van der Waals surface area contributed by atoms with Crippen molar-refractivity contribution in [3.63, 3.8) is 0 Å². The number of nitrogens with one attached hydrogen (secondary N) is 1. The van der Waals surface area contributed by atoms with Gasteiger partial charge in [-0.05, 0) is 23.8 Å². The number of amides is 1. The zero-order valence-corrected chi connectivity index (χ0v) is 15.7. The van der Waals surface area contributed by atoms with Crippen molar-refractivity contribution in [2.45, 2.75) is 13.0 Å². The molecule has 2 aromatic heterocycles. The van der Waals surface area contributed by atoms with Gasteiger partial charge in [-0.2, -0.15) is 5.10 Å². The average Bonchev–Trinajstić information content (AvgIpc) is 3.27. The molecule has 1 amide bonds. The molecule has 0 saturated heterocycles. The second kappa shape index (κ2) is 7.96. The first-order valence-corrected chi connectivity index (χ1v) is 9.24. The zero-order valence-electron chi connectivity index (χ0n) is 15.7. The van der Waals surface area contributed by atoms with Gasteiger partial charge < -0.3 is 9.13 Å². The van der Waals surface area contributed by atoms with Crippen LogP contribution in [0.2, 0.25) is 0 Å². The predicted octanol–water partition coefficient (Wildman–Crippen LogP) is 3.72. The Hall–Kier alpha value is -3.60. The molecular formula is C23H22N4O. The minimum atomic E-state index is -0.133. The lowest BCUT2D eigenvalue weighted by Gasteiger charge is -2.05. The maximum Gasteiger partial charge on any atom is 0.245 e. The summed E-state index contributed by atoms with van der Waals surface area (Å²) < 4.78 is 4.14. The number of carbonyl (C=O) groups excluding carboxylic acids is 1. The molecule has 0 spiro atoms. The topological polar surface area (TPSA) is 51.3 Å². The second-order valence-corrected chi connectivity index (χ2v) is 6.80. The van der Waals surface area contributed by atoms with E-state index in [1.807, 2.05) is 60.3 Å². The van der Waals surface area contributed by atoms with E-state index in [1.165, 1.54) is 5.56 Å². The number of hydrogen-bond acceptors (Lipinski definition) is 2. The Kier molecular flexibility index (Phi) is 5.06. The molecule has 140 valence electrons. The van der Waals surface area contributed by atoms with Gasteiger partial charge in [-0.25, -0.2) is 5.43 Å². The van der Waals surface area contributed by atoms with Crippen LogP contribution in [0.5, 0.6) is 0 Å². The van der Waals surface area contributed by atoms with Crippen LogP contribution in [0, 0.1) is 0 Å². The van der Waals surface area contributed by atoms with Crippen LogP contribution in [0.1, 0.15) is 16.8 Å². The molecule has 0 aliphatic heterocycles. The fourth-order valence-corrected chi connectivity index (χ4v) is 3.35. The van der Waals surface area contributed by atoms with E-state index in [4.69, 9.17) is 0 Å². The molecule has 0 aliphatic carbocycles. The van der Waals surface area contributed by atoms with Crippen LogP contribution in [-0.2, 0) is 24.8 Å². The van der Waals surface area contributed by atoms with Gasteiger partial charge in [-0.1, -0.05) is 48.5 Å². The lowest BCUT2D eigenvalue weighted by molar-refractivity contribution is -0.120. The van der Waals surface area contributed by atoms with Crippen LogP contribution >= 0.6 is 0 Å². The third-order valence-corrected chi connectivity index (χ3v) is 4.80. The summed E-state index contributed by atoms with van der Waals surface area (Å²) in [5.41, 5.74) is 6.94. The minimum absolute atomic E-state index is 0.133. The summed E-state index contributed by atoms with van der Waals surface area (Å²) in [4.78, 5) is 12.1. The van der Waals surface area contributed by atoms with Crippen LogP contribution in [0.25, 0.3) is 10.9 Å². The highest BCUT2D eigenvalue weighted by atomic mass is 16.2. The number of aryl methyl sites for hydroxylation is 1. The summed E-state index contributed by atoms with van der Waals surface area (Å²) in [6.45, 7) is 0.787. The van der Waals surface area contributed by atoms with E-state index in [2.05, 4.69) is 45.6 Å². The molecule has 0 aliphatic rings. The molecule has 2 heterocycles. The highest BCUT2D eigenvalue weighted by molar-refractivity contribution is 5.99. The fourth-order valence-electron chi connectivity index (χ4n) is 3.35. The van der Waals surface area contributed by atoms with E-state index < -0.39 is 0 Å². The Morgan fingerprint density at radius 3 is 2.61 bits per heavy atom. The van der Waals surface area contributed by atoms with Crippen LogP contribution in [0.15, 0.2) is 84.2 Å². The Balaban J connectivity index is 1.51. The zero-order chi connectivity index (χ0) is 19.3. The maximum atomic E-state index is 12.1. The van der Waals surface area contributed by atoms with E-state index in [1.54, 1.807) is 6.21 Å². The van der Waals surface area contributed by atoms with E-state index in [9.17, 15) is 4.79 Å². The van der Waals surface area contributed by atoms with Gasteiger partial charge in [0.25, 0.3) is 0 Å². The molecular weight excluding hydrogens is 348 g/mol. The molecule has 0 unspecified atom stereocenters. The Morgan fingerprint density at radius 2 is 1.82 bits per heavy atom. The standard InChI is InChI=1S/C23H22N4O/c1-26-13-7-10-20(26)14-23(28)25-24-15-19-17-27(16-18-8-3-2-4-9-18)22-12-6-5-11-21(19)22/h2-13,15,17H,14,16H2,1H3,(H,25,28). The first-order chi connectivity index (χ1) is 13.7. The molecule has 0 atom stereocenters. The number of aromatic nitrogens is 2. The SMILES string of the molecule is Cn1cccc1CC(=O)NN=Cc1cn(Cc2ccccc2)c2ccccc12. The largest absolute Gasteiger partial charge is 0.354 e. The first kappa shape index (κ1) is 17.8. The summed E-state index contributed by atoms with van der Waals surface area (Å²) in [6, 6.07) is 22.4. The summed E-state index contributed by atoms with van der Waals surface area (Å²) in [5, 5.41) is 5.29. The molecule has 0 saturated carbocycles. The highest BCUT2D eigenvalue weighted by Gasteiger charge is 2.08. The van der Waals surface area contributed by atoms with Crippen LogP contribution in [0.4, 0.5) is 0 Å².